The number of hydrogen-bond donors (Lipinski definition) is 0. The molecule has 2 aliphatic rings. The molecule has 0 fully saturated rings. The van der Waals surface area contributed by atoms with E-state index in [4.69, 9.17) is 0 Å². The van der Waals surface area contributed by atoms with E-state index in [1.54, 1.807) is 4.46 Å². The predicted molar refractivity (Wildman–Crippen MR) is 79.3 cm³/mol. The summed E-state index contributed by atoms with van der Waals surface area (Å²) < 4.78 is 1.91. The van der Waals surface area contributed by atoms with E-state index in [9.17, 15) is 0 Å². The van der Waals surface area contributed by atoms with Gasteiger partial charge >= 0.3 is 116 Å². The van der Waals surface area contributed by atoms with Crippen LogP contribution in [-0.4, -0.2) is 15.0 Å². The number of aryl methyl sites for hydroxylation is 1. The Morgan fingerprint density at radius 2 is 1.56 bits per heavy atom. The molecular formula is C17H18Se. The average molecular weight is 301 g/mol. The normalized spacial score (nSPS) is 32.8. The van der Waals surface area contributed by atoms with Crippen LogP contribution in [-0.2, 0) is 0 Å². The Morgan fingerprint density at radius 1 is 0.944 bits per heavy atom. The zero-order valence-electron chi connectivity index (χ0n) is 10.8. The fraction of sp³-hybridized carbons (Fsp3) is 0.294. The summed E-state index contributed by atoms with van der Waals surface area (Å²) in [6.07, 6.45) is 13.9. The van der Waals surface area contributed by atoms with Gasteiger partial charge in [-0.05, 0) is 0 Å². The molecule has 92 valence electrons. The molecule has 0 saturated carbocycles. The second-order valence-electron chi connectivity index (χ2n) is 5.26. The molecular weight excluding hydrogens is 283 g/mol. The minimum absolute atomic E-state index is 0.364. The van der Waals surface area contributed by atoms with Crippen LogP contribution in [0.2, 0.25) is 4.31 Å². The first kappa shape index (κ1) is 12.0. The Labute approximate surface area is 116 Å². The molecule has 0 spiro atoms. The summed E-state index contributed by atoms with van der Waals surface area (Å²) in [5.41, 5.74) is 1.44. The van der Waals surface area contributed by atoms with Gasteiger partial charge in [0.05, 0.1) is 0 Å². The Bertz CT molecular complexity index is 514. The van der Waals surface area contributed by atoms with Gasteiger partial charge in [-0.2, -0.15) is 0 Å². The van der Waals surface area contributed by atoms with Gasteiger partial charge in [0.2, 0.25) is 0 Å². The third-order valence-electron chi connectivity index (χ3n) is 4.02. The first-order chi connectivity index (χ1) is 8.70. The summed E-state index contributed by atoms with van der Waals surface area (Å²) in [5.74, 6) is 1.19. The van der Waals surface area contributed by atoms with Crippen LogP contribution < -0.4 is 4.46 Å². The molecule has 1 aromatic rings. The molecule has 0 saturated heterocycles. The predicted octanol–water partition coefficient (Wildman–Crippen LogP) is 3.43. The van der Waals surface area contributed by atoms with Crippen LogP contribution in [0.25, 0.3) is 0 Å². The number of rotatable bonds is 2. The second kappa shape index (κ2) is 4.57. The zero-order valence-corrected chi connectivity index (χ0v) is 12.5. The van der Waals surface area contributed by atoms with Gasteiger partial charge in [-0.3, -0.25) is 0 Å². The molecule has 0 heterocycles. The van der Waals surface area contributed by atoms with Crippen molar-refractivity contribution in [1.82, 2.24) is 0 Å². The quantitative estimate of drug-likeness (QED) is 0.580. The van der Waals surface area contributed by atoms with E-state index in [-0.39, 0.29) is 0 Å². The van der Waals surface area contributed by atoms with Crippen LogP contribution in [0.3, 0.4) is 0 Å². The van der Waals surface area contributed by atoms with Gasteiger partial charge in [-0.1, -0.05) is 0 Å². The maximum atomic E-state index is 2.45. The van der Waals surface area contributed by atoms with Crippen LogP contribution in [0.15, 0.2) is 60.7 Å². The molecule has 0 N–H and O–H groups in total. The monoisotopic (exact) mass is 302 g/mol. The maximum absolute atomic E-state index is 2.45. The Hall–Kier alpha value is -1.04. The summed E-state index contributed by atoms with van der Waals surface area (Å²) >= 11 is 0.496. The number of fused-ring (bicyclic) bond motifs is 2. The first-order valence-electron chi connectivity index (χ1n) is 6.48. The molecule has 2 unspecified atom stereocenters. The van der Waals surface area contributed by atoms with Crippen molar-refractivity contribution in [2.75, 3.05) is 0 Å². The topological polar surface area (TPSA) is 0 Å². The van der Waals surface area contributed by atoms with Crippen LogP contribution >= 0.6 is 0 Å². The van der Waals surface area contributed by atoms with E-state index < -0.39 is 0 Å². The zero-order chi connectivity index (χ0) is 12.6. The molecule has 0 radical (unpaired) electrons. The molecule has 2 aliphatic carbocycles. The average Bonchev–Trinajstić information content (AvgIpc) is 2.51. The van der Waals surface area contributed by atoms with Gasteiger partial charge < -0.3 is 0 Å². The van der Waals surface area contributed by atoms with E-state index in [0.717, 1.165) is 0 Å². The van der Waals surface area contributed by atoms with Gasteiger partial charge in [0.15, 0.2) is 0 Å². The summed E-state index contributed by atoms with van der Waals surface area (Å²) in [7, 11) is 0. The molecule has 1 heteroatoms. The Kier molecular flexibility index (Phi) is 3.05. The van der Waals surface area contributed by atoms with Crippen LogP contribution in [0.1, 0.15) is 12.5 Å². The van der Waals surface area contributed by atoms with E-state index in [1.807, 2.05) is 0 Å². The minimum atomic E-state index is 0.364. The second-order valence-corrected chi connectivity index (χ2v) is 8.45. The van der Waals surface area contributed by atoms with Crippen molar-refractivity contribution < 1.29 is 0 Å². The van der Waals surface area contributed by atoms with Gasteiger partial charge in [0, 0.05) is 0 Å². The van der Waals surface area contributed by atoms with Crippen molar-refractivity contribution in [3.05, 3.63) is 66.3 Å². The number of allylic oxidation sites excluding steroid dienone is 6. The molecule has 0 aromatic heterocycles. The van der Waals surface area contributed by atoms with Gasteiger partial charge in [0.1, 0.15) is 0 Å². The first-order valence-corrected chi connectivity index (χ1v) is 8.19. The van der Waals surface area contributed by atoms with Crippen LogP contribution in [0.4, 0.5) is 0 Å². The van der Waals surface area contributed by atoms with Crippen LogP contribution in [0, 0.1) is 18.8 Å². The van der Waals surface area contributed by atoms with E-state index in [2.05, 4.69) is 74.6 Å². The van der Waals surface area contributed by atoms with E-state index >= 15 is 0 Å². The van der Waals surface area contributed by atoms with Gasteiger partial charge in [-0.15, -0.1) is 0 Å². The fourth-order valence-electron chi connectivity index (χ4n) is 2.77. The molecule has 0 amide bonds. The molecule has 3 rings (SSSR count). The third-order valence-corrected chi connectivity index (χ3v) is 7.51. The van der Waals surface area contributed by atoms with Crippen molar-refractivity contribution in [3.63, 3.8) is 0 Å². The summed E-state index contributed by atoms with van der Waals surface area (Å²) in [4.78, 5) is 0. The van der Waals surface area contributed by atoms with Crippen molar-refractivity contribution in [1.29, 1.82) is 0 Å². The van der Waals surface area contributed by atoms with Gasteiger partial charge in [-0.25, -0.2) is 0 Å². The van der Waals surface area contributed by atoms with E-state index in [1.165, 1.54) is 5.56 Å². The molecule has 0 nitrogen and oxygen atoms in total. The molecule has 0 aliphatic heterocycles. The molecule has 18 heavy (non-hydrogen) atoms. The molecule has 1 aromatic carbocycles. The van der Waals surface area contributed by atoms with Gasteiger partial charge in [0.25, 0.3) is 0 Å². The van der Waals surface area contributed by atoms with E-state index in [0.29, 0.717) is 31.1 Å². The van der Waals surface area contributed by atoms with Crippen molar-refractivity contribution in [2.24, 2.45) is 11.8 Å². The summed E-state index contributed by atoms with van der Waals surface area (Å²) in [6.45, 7) is 4.69. The van der Waals surface area contributed by atoms with Crippen molar-refractivity contribution in [3.8, 4) is 0 Å². The molecule has 2 atom stereocenters. The Balaban J connectivity index is 1.95. The summed E-state index contributed by atoms with van der Waals surface area (Å²) in [6, 6.07) is 8.85. The molecule has 2 bridgehead atoms. The Morgan fingerprint density at radius 3 is 2.17 bits per heavy atom. The fourth-order valence-corrected chi connectivity index (χ4v) is 5.78. The third kappa shape index (κ3) is 1.92. The number of benzene rings is 1. The summed E-state index contributed by atoms with van der Waals surface area (Å²) in [5, 5.41) is 0. The standard InChI is InChI=1S/C17H18Se/c1-13-7-3-6-10-16(13)18-17(2)14-8-4-5-9-15(17)12-11-14/h3-12,14-15H,1-2H3. The number of hydrogen-bond acceptors (Lipinski definition) is 0. The SMILES string of the molecule is Cc1ccccc1[Se]C1(C)C2C=CC=CC1C=C2. The van der Waals surface area contributed by atoms with Crippen molar-refractivity contribution in [2.45, 2.75) is 18.2 Å². The van der Waals surface area contributed by atoms with Crippen molar-refractivity contribution >= 4 is 19.4 Å². The van der Waals surface area contributed by atoms with Crippen LogP contribution in [0.5, 0.6) is 0 Å².